The van der Waals surface area contributed by atoms with E-state index in [1.54, 1.807) is 12.3 Å². The Morgan fingerprint density at radius 1 is 1.30 bits per heavy atom. The number of pyridine rings is 1. The van der Waals surface area contributed by atoms with E-state index in [-0.39, 0.29) is 5.91 Å². The SMILES string of the molecule is Cc1cc(NC(=O)c2ccc3c(c2)CCCN3)ccn1. The third kappa shape index (κ3) is 2.64. The van der Waals surface area contributed by atoms with Gasteiger partial charge >= 0.3 is 0 Å². The molecule has 0 saturated heterocycles. The number of amides is 1. The van der Waals surface area contributed by atoms with Gasteiger partial charge < -0.3 is 10.6 Å². The van der Waals surface area contributed by atoms with E-state index in [0.717, 1.165) is 36.5 Å². The number of benzene rings is 1. The Kier molecular flexibility index (Phi) is 3.37. The largest absolute Gasteiger partial charge is 0.385 e. The number of nitrogens with one attached hydrogen (secondary N) is 2. The van der Waals surface area contributed by atoms with Gasteiger partial charge in [0.05, 0.1) is 0 Å². The van der Waals surface area contributed by atoms with E-state index in [4.69, 9.17) is 0 Å². The lowest BCUT2D eigenvalue weighted by Gasteiger charge is -2.18. The van der Waals surface area contributed by atoms with Crippen molar-refractivity contribution in [3.63, 3.8) is 0 Å². The van der Waals surface area contributed by atoms with Crippen molar-refractivity contribution in [2.24, 2.45) is 0 Å². The summed E-state index contributed by atoms with van der Waals surface area (Å²) < 4.78 is 0. The summed E-state index contributed by atoms with van der Waals surface area (Å²) >= 11 is 0. The number of anilines is 2. The quantitative estimate of drug-likeness (QED) is 0.879. The molecule has 2 N–H and O–H groups in total. The Balaban J connectivity index is 1.80. The van der Waals surface area contributed by atoms with Gasteiger partial charge in [-0.1, -0.05) is 0 Å². The first-order valence-electron chi connectivity index (χ1n) is 6.83. The van der Waals surface area contributed by atoms with Gasteiger partial charge in [-0.3, -0.25) is 9.78 Å². The Bertz CT molecular complexity index is 652. The Morgan fingerprint density at radius 2 is 2.20 bits per heavy atom. The lowest BCUT2D eigenvalue weighted by Crippen LogP contribution is -2.15. The van der Waals surface area contributed by atoms with Crippen LogP contribution in [0.2, 0.25) is 0 Å². The first kappa shape index (κ1) is 12.7. The summed E-state index contributed by atoms with van der Waals surface area (Å²) in [5.74, 6) is -0.0797. The van der Waals surface area contributed by atoms with Gasteiger partial charge in [0.2, 0.25) is 0 Å². The minimum absolute atomic E-state index is 0.0797. The van der Waals surface area contributed by atoms with E-state index in [2.05, 4.69) is 15.6 Å². The van der Waals surface area contributed by atoms with E-state index in [1.807, 2.05) is 31.2 Å². The van der Waals surface area contributed by atoms with Gasteiger partial charge in [0, 0.05) is 35.4 Å². The summed E-state index contributed by atoms with van der Waals surface area (Å²) in [5, 5.41) is 6.25. The summed E-state index contributed by atoms with van der Waals surface area (Å²) in [4.78, 5) is 16.4. The molecule has 0 unspecified atom stereocenters. The number of aromatic nitrogens is 1. The lowest BCUT2D eigenvalue weighted by molar-refractivity contribution is 0.102. The van der Waals surface area contributed by atoms with Crippen LogP contribution in [0.4, 0.5) is 11.4 Å². The van der Waals surface area contributed by atoms with Crippen molar-refractivity contribution < 1.29 is 4.79 Å². The van der Waals surface area contributed by atoms with Gasteiger partial charge in [0.1, 0.15) is 0 Å². The fourth-order valence-corrected chi connectivity index (χ4v) is 2.44. The van der Waals surface area contributed by atoms with Gasteiger partial charge in [0.25, 0.3) is 5.91 Å². The van der Waals surface area contributed by atoms with Crippen LogP contribution in [0.15, 0.2) is 36.5 Å². The molecule has 2 heterocycles. The molecule has 0 radical (unpaired) electrons. The molecule has 0 bridgehead atoms. The summed E-state index contributed by atoms with van der Waals surface area (Å²) in [7, 11) is 0. The number of nitrogens with zero attached hydrogens (tertiary/aromatic N) is 1. The molecular formula is C16H17N3O. The fourth-order valence-electron chi connectivity index (χ4n) is 2.44. The fraction of sp³-hybridized carbons (Fsp3) is 0.250. The summed E-state index contributed by atoms with van der Waals surface area (Å²) in [6, 6.07) is 9.48. The first-order valence-corrected chi connectivity index (χ1v) is 6.83. The molecule has 1 aliphatic heterocycles. The van der Waals surface area contributed by atoms with Crippen LogP contribution in [0.25, 0.3) is 0 Å². The molecule has 1 aliphatic rings. The number of fused-ring (bicyclic) bond motifs is 1. The maximum Gasteiger partial charge on any atom is 0.255 e. The maximum absolute atomic E-state index is 12.3. The minimum atomic E-state index is -0.0797. The van der Waals surface area contributed by atoms with Crippen molar-refractivity contribution in [1.82, 2.24) is 4.98 Å². The van der Waals surface area contributed by atoms with Crippen LogP contribution in [0, 0.1) is 6.92 Å². The van der Waals surface area contributed by atoms with Crippen molar-refractivity contribution in [2.75, 3.05) is 17.2 Å². The van der Waals surface area contributed by atoms with Gasteiger partial charge in [-0.15, -0.1) is 0 Å². The Hall–Kier alpha value is -2.36. The highest BCUT2D eigenvalue weighted by molar-refractivity contribution is 6.04. The summed E-state index contributed by atoms with van der Waals surface area (Å²) in [6.45, 7) is 2.91. The monoisotopic (exact) mass is 267 g/mol. The van der Waals surface area contributed by atoms with Crippen LogP contribution in [0.5, 0.6) is 0 Å². The third-order valence-corrected chi connectivity index (χ3v) is 3.46. The highest BCUT2D eigenvalue weighted by Gasteiger charge is 2.12. The zero-order chi connectivity index (χ0) is 13.9. The number of rotatable bonds is 2. The van der Waals surface area contributed by atoms with E-state index in [9.17, 15) is 4.79 Å². The summed E-state index contributed by atoms with van der Waals surface area (Å²) in [6.07, 6.45) is 3.83. The molecule has 1 aromatic heterocycles. The molecule has 0 aliphatic carbocycles. The molecule has 1 amide bonds. The van der Waals surface area contributed by atoms with Crippen molar-refractivity contribution in [3.8, 4) is 0 Å². The Morgan fingerprint density at radius 3 is 3.05 bits per heavy atom. The smallest absolute Gasteiger partial charge is 0.255 e. The zero-order valence-electron chi connectivity index (χ0n) is 11.4. The number of aryl methyl sites for hydroxylation is 2. The maximum atomic E-state index is 12.3. The Labute approximate surface area is 118 Å². The first-order chi connectivity index (χ1) is 9.72. The lowest BCUT2D eigenvalue weighted by atomic mass is 10.0. The van der Waals surface area contributed by atoms with E-state index < -0.39 is 0 Å². The normalized spacial score (nSPS) is 13.2. The third-order valence-electron chi connectivity index (χ3n) is 3.46. The molecule has 0 atom stereocenters. The predicted molar refractivity (Wildman–Crippen MR) is 80.2 cm³/mol. The van der Waals surface area contributed by atoms with E-state index in [1.165, 1.54) is 5.56 Å². The van der Waals surface area contributed by atoms with Crippen LogP contribution < -0.4 is 10.6 Å². The van der Waals surface area contributed by atoms with Crippen LogP contribution in [-0.2, 0) is 6.42 Å². The van der Waals surface area contributed by atoms with E-state index in [0.29, 0.717) is 5.56 Å². The van der Waals surface area contributed by atoms with Gasteiger partial charge in [-0.05, 0) is 55.7 Å². The van der Waals surface area contributed by atoms with Crippen molar-refractivity contribution in [3.05, 3.63) is 53.3 Å². The average molecular weight is 267 g/mol. The molecule has 4 heteroatoms. The zero-order valence-corrected chi connectivity index (χ0v) is 11.4. The molecule has 102 valence electrons. The topological polar surface area (TPSA) is 54.0 Å². The molecule has 2 aromatic rings. The van der Waals surface area contributed by atoms with Gasteiger partial charge in [0.15, 0.2) is 0 Å². The van der Waals surface area contributed by atoms with Crippen molar-refractivity contribution in [1.29, 1.82) is 0 Å². The van der Waals surface area contributed by atoms with E-state index >= 15 is 0 Å². The number of hydrogen-bond acceptors (Lipinski definition) is 3. The molecule has 4 nitrogen and oxygen atoms in total. The van der Waals surface area contributed by atoms with Crippen molar-refractivity contribution >= 4 is 17.3 Å². The minimum Gasteiger partial charge on any atom is -0.385 e. The molecule has 3 rings (SSSR count). The average Bonchev–Trinajstić information content (AvgIpc) is 2.47. The van der Waals surface area contributed by atoms with Crippen LogP contribution in [0.3, 0.4) is 0 Å². The van der Waals surface area contributed by atoms with Crippen LogP contribution in [-0.4, -0.2) is 17.4 Å². The second-order valence-corrected chi connectivity index (χ2v) is 5.04. The van der Waals surface area contributed by atoms with Crippen LogP contribution >= 0.6 is 0 Å². The number of hydrogen-bond donors (Lipinski definition) is 2. The molecule has 0 saturated carbocycles. The highest BCUT2D eigenvalue weighted by Crippen LogP contribution is 2.23. The molecule has 1 aromatic carbocycles. The van der Waals surface area contributed by atoms with Gasteiger partial charge in [-0.2, -0.15) is 0 Å². The highest BCUT2D eigenvalue weighted by atomic mass is 16.1. The second kappa shape index (κ2) is 5.33. The molecule has 20 heavy (non-hydrogen) atoms. The molecule has 0 spiro atoms. The predicted octanol–water partition coefficient (Wildman–Crippen LogP) is 3.00. The van der Waals surface area contributed by atoms with Crippen molar-refractivity contribution in [2.45, 2.75) is 19.8 Å². The number of carbonyl (C=O) groups is 1. The standard InChI is InChI=1S/C16H17N3O/c1-11-9-14(6-8-17-11)19-16(20)13-4-5-15-12(10-13)3-2-7-18-15/h4-6,8-10,18H,2-3,7H2,1H3,(H,17,19,20). The van der Waals surface area contributed by atoms with Crippen LogP contribution in [0.1, 0.15) is 28.0 Å². The molecule has 0 fully saturated rings. The second-order valence-electron chi connectivity index (χ2n) is 5.04. The number of carbonyl (C=O) groups excluding carboxylic acids is 1. The molecular weight excluding hydrogens is 250 g/mol. The summed E-state index contributed by atoms with van der Waals surface area (Å²) in [5.41, 5.74) is 4.72. The van der Waals surface area contributed by atoms with Gasteiger partial charge in [-0.25, -0.2) is 0 Å².